The van der Waals surface area contributed by atoms with Crippen molar-refractivity contribution in [3.8, 4) is 0 Å². The van der Waals surface area contributed by atoms with E-state index in [1.807, 2.05) is 0 Å². The molecule has 1 aliphatic rings. The molecule has 1 aromatic rings. The van der Waals surface area contributed by atoms with Crippen LogP contribution >= 0.6 is 11.6 Å². The van der Waals surface area contributed by atoms with Crippen molar-refractivity contribution in [3.63, 3.8) is 0 Å². The van der Waals surface area contributed by atoms with Crippen molar-refractivity contribution in [2.75, 3.05) is 19.6 Å². The number of hydrogen-bond acceptors (Lipinski definition) is 2. The SMILES string of the molecule is C[C@H](CNC(=O)c1ccc(F)cc1Cl)N1CCCC1. The van der Waals surface area contributed by atoms with Crippen LogP contribution < -0.4 is 5.32 Å². The molecule has 0 radical (unpaired) electrons. The third-order valence-electron chi connectivity index (χ3n) is 3.50. The predicted molar refractivity (Wildman–Crippen MR) is 74.0 cm³/mol. The van der Waals surface area contributed by atoms with Crippen LogP contribution in [0.3, 0.4) is 0 Å². The number of carbonyl (C=O) groups is 1. The predicted octanol–water partition coefficient (Wildman–Crippen LogP) is 2.69. The highest BCUT2D eigenvalue weighted by molar-refractivity contribution is 6.33. The van der Waals surface area contributed by atoms with Crippen LogP contribution in [-0.2, 0) is 0 Å². The maximum Gasteiger partial charge on any atom is 0.252 e. The van der Waals surface area contributed by atoms with E-state index < -0.39 is 5.82 Å². The molecular weight excluding hydrogens is 267 g/mol. The normalized spacial score (nSPS) is 17.4. The van der Waals surface area contributed by atoms with Crippen molar-refractivity contribution < 1.29 is 9.18 Å². The highest BCUT2D eigenvalue weighted by atomic mass is 35.5. The first-order valence-electron chi connectivity index (χ1n) is 6.55. The number of amides is 1. The second kappa shape index (κ2) is 6.35. The zero-order chi connectivity index (χ0) is 13.8. The van der Waals surface area contributed by atoms with E-state index in [2.05, 4.69) is 17.1 Å². The van der Waals surface area contributed by atoms with Crippen LogP contribution in [0.2, 0.25) is 5.02 Å². The molecule has 0 bridgehead atoms. The molecule has 1 heterocycles. The zero-order valence-corrected chi connectivity index (χ0v) is 11.7. The van der Waals surface area contributed by atoms with Crippen LogP contribution in [0.5, 0.6) is 0 Å². The summed E-state index contributed by atoms with van der Waals surface area (Å²) in [6.45, 7) is 4.85. The Morgan fingerprint density at radius 1 is 1.47 bits per heavy atom. The van der Waals surface area contributed by atoms with E-state index in [0.717, 1.165) is 19.2 Å². The van der Waals surface area contributed by atoms with Gasteiger partial charge in [0.15, 0.2) is 0 Å². The van der Waals surface area contributed by atoms with Crippen LogP contribution in [-0.4, -0.2) is 36.5 Å². The van der Waals surface area contributed by atoms with Gasteiger partial charge in [-0.3, -0.25) is 9.69 Å². The third-order valence-corrected chi connectivity index (χ3v) is 3.81. The van der Waals surface area contributed by atoms with Crippen LogP contribution in [0.15, 0.2) is 18.2 Å². The molecule has 1 fully saturated rings. The smallest absolute Gasteiger partial charge is 0.252 e. The first kappa shape index (κ1) is 14.3. The van der Waals surface area contributed by atoms with Crippen LogP contribution in [0.1, 0.15) is 30.1 Å². The molecule has 0 saturated carbocycles. The largest absolute Gasteiger partial charge is 0.350 e. The Balaban J connectivity index is 1.90. The van der Waals surface area contributed by atoms with Gasteiger partial charge in [-0.1, -0.05) is 11.6 Å². The maximum absolute atomic E-state index is 12.9. The maximum atomic E-state index is 12.9. The topological polar surface area (TPSA) is 32.3 Å². The Hall–Kier alpha value is -1.13. The molecule has 1 atom stereocenters. The van der Waals surface area contributed by atoms with Gasteiger partial charge in [0.25, 0.3) is 5.91 Å². The fourth-order valence-electron chi connectivity index (χ4n) is 2.32. The number of hydrogen-bond donors (Lipinski definition) is 1. The Morgan fingerprint density at radius 2 is 2.16 bits per heavy atom. The van der Waals surface area contributed by atoms with E-state index in [9.17, 15) is 9.18 Å². The highest BCUT2D eigenvalue weighted by Gasteiger charge is 2.19. The van der Waals surface area contributed by atoms with Gasteiger partial charge in [-0.25, -0.2) is 4.39 Å². The lowest BCUT2D eigenvalue weighted by atomic mass is 10.2. The molecule has 0 unspecified atom stereocenters. The summed E-state index contributed by atoms with van der Waals surface area (Å²) in [5, 5.41) is 2.99. The molecule has 2 rings (SSSR count). The molecule has 19 heavy (non-hydrogen) atoms. The van der Waals surface area contributed by atoms with Gasteiger partial charge in [0.1, 0.15) is 5.82 Å². The fourth-order valence-corrected chi connectivity index (χ4v) is 2.57. The van der Waals surface area contributed by atoms with Crippen molar-refractivity contribution in [1.29, 1.82) is 0 Å². The number of carbonyl (C=O) groups excluding carboxylic acids is 1. The number of rotatable bonds is 4. The lowest BCUT2D eigenvalue weighted by Gasteiger charge is -2.23. The third kappa shape index (κ3) is 3.67. The van der Waals surface area contributed by atoms with Crippen molar-refractivity contribution >= 4 is 17.5 Å². The lowest BCUT2D eigenvalue weighted by Crippen LogP contribution is -2.40. The molecule has 1 N–H and O–H groups in total. The molecule has 1 saturated heterocycles. The first-order chi connectivity index (χ1) is 9.08. The number of nitrogens with zero attached hydrogens (tertiary/aromatic N) is 1. The van der Waals surface area contributed by atoms with Gasteiger partial charge in [-0.15, -0.1) is 0 Å². The summed E-state index contributed by atoms with van der Waals surface area (Å²) in [5.41, 5.74) is 0.316. The Bertz CT molecular complexity index is 461. The quantitative estimate of drug-likeness (QED) is 0.922. The fraction of sp³-hybridized carbons (Fsp3) is 0.500. The van der Waals surface area contributed by atoms with E-state index in [4.69, 9.17) is 11.6 Å². The summed E-state index contributed by atoms with van der Waals surface area (Å²) < 4.78 is 12.9. The van der Waals surface area contributed by atoms with Gasteiger partial charge in [0, 0.05) is 12.6 Å². The lowest BCUT2D eigenvalue weighted by molar-refractivity contribution is 0.0940. The van der Waals surface area contributed by atoms with Crippen LogP contribution in [0, 0.1) is 5.82 Å². The molecule has 0 aliphatic carbocycles. The first-order valence-corrected chi connectivity index (χ1v) is 6.93. The van der Waals surface area contributed by atoms with Gasteiger partial charge >= 0.3 is 0 Å². The number of halogens is 2. The van der Waals surface area contributed by atoms with E-state index in [1.54, 1.807) is 0 Å². The van der Waals surface area contributed by atoms with E-state index in [-0.39, 0.29) is 10.9 Å². The summed E-state index contributed by atoms with van der Waals surface area (Å²) in [6, 6.07) is 4.11. The van der Waals surface area contributed by atoms with E-state index >= 15 is 0 Å². The molecule has 104 valence electrons. The second-order valence-electron chi connectivity index (χ2n) is 4.93. The van der Waals surface area contributed by atoms with Crippen LogP contribution in [0.25, 0.3) is 0 Å². The summed E-state index contributed by atoms with van der Waals surface area (Å²) in [4.78, 5) is 14.3. The highest BCUT2D eigenvalue weighted by Crippen LogP contribution is 2.17. The van der Waals surface area contributed by atoms with Crippen molar-refractivity contribution in [2.24, 2.45) is 0 Å². The van der Waals surface area contributed by atoms with Gasteiger partial charge in [0.2, 0.25) is 0 Å². The number of benzene rings is 1. The molecule has 1 aliphatic heterocycles. The van der Waals surface area contributed by atoms with E-state index in [1.165, 1.54) is 25.0 Å². The average molecular weight is 285 g/mol. The molecule has 3 nitrogen and oxygen atoms in total. The molecule has 1 amide bonds. The second-order valence-corrected chi connectivity index (χ2v) is 5.33. The molecule has 1 aromatic carbocycles. The zero-order valence-electron chi connectivity index (χ0n) is 11.0. The average Bonchev–Trinajstić information content (AvgIpc) is 2.89. The molecule has 0 spiro atoms. The summed E-state index contributed by atoms with van der Waals surface area (Å²) >= 11 is 5.86. The van der Waals surface area contributed by atoms with Gasteiger partial charge < -0.3 is 5.32 Å². The standard InChI is InChI=1S/C14H18ClFN2O/c1-10(18-6-2-3-7-18)9-17-14(19)12-5-4-11(16)8-13(12)15/h4-5,8,10H,2-3,6-7,9H2,1H3,(H,17,19)/t10-/m1/s1. The Morgan fingerprint density at radius 3 is 2.79 bits per heavy atom. The van der Waals surface area contributed by atoms with Crippen molar-refractivity contribution in [2.45, 2.75) is 25.8 Å². The Labute approximate surface area is 117 Å². The monoisotopic (exact) mass is 284 g/mol. The number of nitrogens with one attached hydrogen (secondary N) is 1. The Kier molecular flexibility index (Phi) is 4.77. The van der Waals surface area contributed by atoms with Crippen LogP contribution in [0.4, 0.5) is 4.39 Å². The summed E-state index contributed by atoms with van der Waals surface area (Å²) in [7, 11) is 0. The van der Waals surface area contributed by atoms with Crippen molar-refractivity contribution in [3.05, 3.63) is 34.6 Å². The molecule has 0 aromatic heterocycles. The number of likely N-dealkylation sites (tertiary alicyclic amines) is 1. The van der Waals surface area contributed by atoms with Gasteiger partial charge in [0.05, 0.1) is 10.6 Å². The minimum atomic E-state index is -0.438. The van der Waals surface area contributed by atoms with Gasteiger partial charge in [-0.2, -0.15) is 0 Å². The summed E-state index contributed by atoms with van der Waals surface area (Å²) in [6.07, 6.45) is 2.45. The van der Waals surface area contributed by atoms with Gasteiger partial charge in [-0.05, 0) is 51.1 Å². The summed E-state index contributed by atoms with van der Waals surface area (Å²) in [5.74, 6) is -0.692. The van der Waals surface area contributed by atoms with Crippen molar-refractivity contribution in [1.82, 2.24) is 10.2 Å². The molecular formula is C14H18ClFN2O. The molecule has 5 heteroatoms. The minimum Gasteiger partial charge on any atom is -0.350 e. The minimum absolute atomic E-state index is 0.145. The van der Waals surface area contributed by atoms with E-state index in [0.29, 0.717) is 18.2 Å².